The van der Waals surface area contributed by atoms with Crippen LogP contribution in [0.5, 0.6) is 11.5 Å². The molecule has 0 aromatic heterocycles. The fourth-order valence-electron chi connectivity index (χ4n) is 2.21. The molecule has 0 radical (unpaired) electrons. The van der Waals surface area contributed by atoms with Crippen LogP contribution in [0.25, 0.3) is 0 Å². The van der Waals surface area contributed by atoms with Gasteiger partial charge in [0, 0.05) is 11.7 Å². The fourth-order valence-corrected chi connectivity index (χ4v) is 2.21. The number of carboxylic acid groups (broad SMARTS) is 1. The maximum absolute atomic E-state index is 12.1. The zero-order chi connectivity index (χ0) is 18.2. The predicted octanol–water partition coefficient (Wildman–Crippen LogP) is 3.21. The van der Waals surface area contributed by atoms with Gasteiger partial charge in [-0.15, -0.1) is 0 Å². The molecule has 2 rings (SSSR count). The first-order valence-electron chi connectivity index (χ1n) is 8.02. The summed E-state index contributed by atoms with van der Waals surface area (Å²) in [4.78, 5) is 24.5. The highest BCUT2D eigenvalue weighted by atomic mass is 16.5. The number of carbonyl (C=O) groups is 2. The summed E-state index contributed by atoms with van der Waals surface area (Å²) in [5.41, 5.74) is 0.629. The Morgan fingerprint density at radius 2 is 1.60 bits per heavy atom. The van der Waals surface area contributed by atoms with Gasteiger partial charge in [-0.25, -0.2) is 0 Å². The second-order valence-electron chi connectivity index (χ2n) is 5.88. The molecular weight excluding hydrogens is 320 g/mol. The van der Waals surface area contributed by atoms with Crippen LogP contribution < -0.4 is 10.1 Å². The summed E-state index contributed by atoms with van der Waals surface area (Å²) in [6, 6.07) is 16.4. The standard InChI is InChI=1S/C19H22N2O4/c1-14(2)21(13-19(23)24)12-18(22)20-15-8-10-17(11-9-15)25-16-6-4-3-5-7-16/h3-11,14H,12-13H2,1-2H3,(H,20,22)(H,23,24). The van der Waals surface area contributed by atoms with E-state index in [-0.39, 0.29) is 25.0 Å². The molecule has 0 aliphatic heterocycles. The first-order valence-corrected chi connectivity index (χ1v) is 8.02. The van der Waals surface area contributed by atoms with Crippen LogP contribution in [-0.4, -0.2) is 41.0 Å². The van der Waals surface area contributed by atoms with Crippen molar-refractivity contribution in [2.45, 2.75) is 19.9 Å². The van der Waals surface area contributed by atoms with E-state index in [9.17, 15) is 9.59 Å². The van der Waals surface area contributed by atoms with Crippen molar-refractivity contribution in [2.24, 2.45) is 0 Å². The maximum Gasteiger partial charge on any atom is 0.317 e. The van der Waals surface area contributed by atoms with Gasteiger partial charge in [0.05, 0.1) is 13.1 Å². The number of anilines is 1. The Morgan fingerprint density at radius 3 is 2.16 bits per heavy atom. The highest BCUT2D eigenvalue weighted by Crippen LogP contribution is 2.22. The Balaban J connectivity index is 1.91. The van der Waals surface area contributed by atoms with Gasteiger partial charge in [0.15, 0.2) is 0 Å². The first kappa shape index (κ1) is 18.5. The van der Waals surface area contributed by atoms with Crippen molar-refractivity contribution in [2.75, 3.05) is 18.4 Å². The van der Waals surface area contributed by atoms with Crippen LogP contribution in [-0.2, 0) is 9.59 Å². The van der Waals surface area contributed by atoms with E-state index in [1.807, 2.05) is 44.2 Å². The molecule has 0 heterocycles. The third-order valence-electron chi connectivity index (χ3n) is 3.53. The Bertz CT molecular complexity index is 699. The normalized spacial score (nSPS) is 10.7. The van der Waals surface area contributed by atoms with Gasteiger partial charge in [-0.2, -0.15) is 0 Å². The van der Waals surface area contributed by atoms with Crippen LogP contribution >= 0.6 is 0 Å². The van der Waals surface area contributed by atoms with Gasteiger partial charge >= 0.3 is 5.97 Å². The fraction of sp³-hybridized carbons (Fsp3) is 0.263. The molecule has 0 saturated heterocycles. The molecule has 0 fully saturated rings. The van der Waals surface area contributed by atoms with E-state index in [1.165, 1.54) is 0 Å². The van der Waals surface area contributed by atoms with Crippen LogP contribution in [0.4, 0.5) is 5.69 Å². The van der Waals surface area contributed by atoms with Crippen molar-refractivity contribution in [1.82, 2.24) is 4.90 Å². The molecule has 0 saturated carbocycles. The number of rotatable bonds is 8. The summed E-state index contributed by atoms with van der Waals surface area (Å²) >= 11 is 0. The number of nitrogens with zero attached hydrogens (tertiary/aromatic N) is 1. The first-order chi connectivity index (χ1) is 11.9. The number of hydrogen-bond acceptors (Lipinski definition) is 4. The van der Waals surface area contributed by atoms with E-state index in [4.69, 9.17) is 9.84 Å². The van der Waals surface area contributed by atoms with Gasteiger partial charge in [-0.1, -0.05) is 18.2 Å². The molecule has 2 aromatic carbocycles. The van der Waals surface area contributed by atoms with Crippen molar-refractivity contribution >= 4 is 17.6 Å². The minimum atomic E-state index is -0.955. The topological polar surface area (TPSA) is 78.9 Å². The number of ether oxygens (including phenoxy) is 1. The number of aliphatic carboxylic acids is 1. The number of carboxylic acids is 1. The molecule has 1 amide bonds. The third kappa shape index (κ3) is 6.27. The zero-order valence-corrected chi connectivity index (χ0v) is 14.3. The summed E-state index contributed by atoms with van der Waals surface area (Å²) in [6.07, 6.45) is 0. The number of nitrogens with one attached hydrogen (secondary N) is 1. The second-order valence-corrected chi connectivity index (χ2v) is 5.88. The van der Waals surface area contributed by atoms with Crippen LogP contribution in [0, 0.1) is 0 Å². The molecule has 132 valence electrons. The summed E-state index contributed by atoms with van der Waals surface area (Å²) in [6.45, 7) is 3.55. The van der Waals surface area contributed by atoms with E-state index in [2.05, 4.69) is 5.32 Å². The SMILES string of the molecule is CC(C)N(CC(=O)O)CC(=O)Nc1ccc(Oc2ccccc2)cc1. The van der Waals surface area contributed by atoms with E-state index < -0.39 is 5.97 Å². The third-order valence-corrected chi connectivity index (χ3v) is 3.53. The Hall–Kier alpha value is -2.86. The maximum atomic E-state index is 12.1. The van der Waals surface area contributed by atoms with E-state index >= 15 is 0 Å². The lowest BCUT2D eigenvalue weighted by molar-refractivity contribution is -0.139. The Morgan fingerprint density at radius 1 is 1.00 bits per heavy atom. The van der Waals surface area contributed by atoms with E-state index in [0.717, 1.165) is 5.75 Å². The van der Waals surface area contributed by atoms with Crippen LogP contribution in [0.2, 0.25) is 0 Å². The summed E-state index contributed by atoms with van der Waals surface area (Å²) < 4.78 is 5.69. The molecule has 2 aromatic rings. The molecule has 0 aliphatic carbocycles. The Kier molecular flexibility index (Phi) is 6.54. The van der Waals surface area contributed by atoms with Crippen LogP contribution in [0.15, 0.2) is 54.6 Å². The molecule has 25 heavy (non-hydrogen) atoms. The lowest BCUT2D eigenvalue weighted by Crippen LogP contribution is -2.41. The number of carbonyl (C=O) groups excluding carboxylic acids is 1. The van der Waals surface area contributed by atoms with Gasteiger partial charge in [-0.05, 0) is 50.2 Å². The highest BCUT2D eigenvalue weighted by molar-refractivity contribution is 5.92. The average Bonchev–Trinajstić information content (AvgIpc) is 2.56. The molecule has 0 bridgehead atoms. The van der Waals surface area contributed by atoms with Gasteiger partial charge < -0.3 is 15.2 Å². The van der Waals surface area contributed by atoms with Crippen molar-refractivity contribution < 1.29 is 19.4 Å². The molecule has 0 unspecified atom stereocenters. The summed E-state index contributed by atoms with van der Waals surface area (Å²) in [7, 11) is 0. The Labute approximate surface area is 147 Å². The molecule has 0 atom stereocenters. The largest absolute Gasteiger partial charge is 0.480 e. The average molecular weight is 342 g/mol. The lowest BCUT2D eigenvalue weighted by atomic mass is 10.2. The summed E-state index contributed by atoms with van der Waals surface area (Å²) in [5, 5.41) is 11.7. The predicted molar refractivity (Wildman–Crippen MR) is 95.9 cm³/mol. The van der Waals surface area contributed by atoms with Gasteiger partial charge in [0.2, 0.25) is 5.91 Å². The number of amides is 1. The molecule has 6 nitrogen and oxygen atoms in total. The molecule has 2 N–H and O–H groups in total. The minimum absolute atomic E-state index is 0.0201. The highest BCUT2D eigenvalue weighted by Gasteiger charge is 2.17. The smallest absolute Gasteiger partial charge is 0.317 e. The van der Waals surface area contributed by atoms with Gasteiger partial charge in [-0.3, -0.25) is 14.5 Å². The zero-order valence-electron chi connectivity index (χ0n) is 14.3. The molecule has 0 aliphatic rings. The number of hydrogen-bond donors (Lipinski definition) is 2. The van der Waals surface area contributed by atoms with Crippen LogP contribution in [0.1, 0.15) is 13.8 Å². The van der Waals surface area contributed by atoms with Crippen molar-refractivity contribution in [3.05, 3.63) is 54.6 Å². The second kappa shape index (κ2) is 8.84. The van der Waals surface area contributed by atoms with Crippen LogP contribution in [0.3, 0.4) is 0 Å². The monoisotopic (exact) mass is 342 g/mol. The van der Waals surface area contributed by atoms with E-state index in [1.54, 1.807) is 29.2 Å². The number of benzene rings is 2. The molecule has 0 spiro atoms. The minimum Gasteiger partial charge on any atom is -0.480 e. The summed E-state index contributed by atoms with van der Waals surface area (Å²) in [5.74, 6) is 0.190. The van der Waals surface area contributed by atoms with Crippen molar-refractivity contribution in [3.8, 4) is 11.5 Å². The van der Waals surface area contributed by atoms with Crippen molar-refractivity contribution in [1.29, 1.82) is 0 Å². The molecule has 6 heteroatoms. The van der Waals surface area contributed by atoms with Gasteiger partial charge in [0.1, 0.15) is 11.5 Å². The number of para-hydroxylation sites is 1. The van der Waals surface area contributed by atoms with Gasteiger partial charge in [0.25, 0.3) is 0 Å². The molecular formula is C19H22N2O4. The van der Waals surface area contributed by atoms with E-state index in [0.29, 0.717) is 11.4 Å². The quantitative estimate of drug-likeness (QED) is 0.770. The van der Waals surface area contributed by atoms with Crippen molar-refractivity contribution in [3.63, 3.8) is 0 Å². The lowest BCUT2D eigenvalue weighted by Gasteiger charge is -2.23.